The van der Waals surface area contributed by atoms with Crippen molar-refractivity contribution in [1.82, 2.24) is 9.88 Å². The number of aromatic nitrogens is 1. The number of H-pyrrole nitrogens is 1. The fourth-order valence-electron chi connectivity index (χ4n) is 4.50. The quantitative estimate of drug-likeness (QED) is 0.577. The minimum atomic E-state index is -0.460. The van der Waals surface area contributed by atoms with Gasteiger partial charge in [-0.1, -0.05) is 6.92 Å². The van der Waals surface area contributed by atoms with Gasteiger partial charge in [-0.2, -0.15) is 0 Å². The number of methoxy groups -OCH3 is 1. The monoisotopic (exact) mass is 425 g/mol. The zero-order valence-electron chi connectivity index (χ0n) is 17.9. The number of hydrogen-bond acceptors (Lipinski definition) is 4. The SMILES string of the molecule is CCN(CCCc1c[nH]c2ccc(F)cc12)C1COc2c(OC)ccc(C(N)=O)c2C1. The van der Waals surface area contributed by atoms with Gasteiger partial charge in [0.25, 0.3) is 0 Å². The van der Waals surface area contributed by atoms with E-state index in [0.717, 1.165) is 48.0 Å². The molecule has 0 saturated heterocycles. The normalized spacial score (nSPS) is 15.7. The Balaban J connectivity index is 1.45. The minimum absolute atomic E-state index is 0.142. The molecule has 31 heavy (non-hydrogen) atoms. The third-order valence-corrected chi connectivity index (χ3v) is 6.11. The molecule has 0 bridgehead atoms. The number of nitrogens with zero attached hydrogens (tertiary/aromatic N) is 1. The number of fused-ring (bicyclic) bond motifs is 2. The lowest BCUT2D eigenvalue weighted by Crippen LogP contribution is -2.44. The molecule has 1 unspecified atom stereocenters. The molecule has 1 aliphatic rings. The summed E-state index contributed by atoms with van der Waals surface area (Å²) in [6, 6.07) is 8.40. The number of aryl methyl sites for hydroxylation is 1. The van der Waals surface area contributed by atoms with Crippen molar-refractivity contribution in [3.63, 3.8) is 0 Å². The van der Waals surface area contributed by atoms with Gasteiger partial charge in [-0.25, -0.2) is 4.39 Å². The van der Waals surface area contributed by atoms with Gasteiger partial charge >= 0.3 is 0 Å². The van der Waals surface area contributed by atoms with Gasteiger partial charge < -0.3 is 20.2 Å². The molecular weight excluding hydrogens is 397 g/mol. The average Bonchev–Trinajstić information content (AvgIpc) is 3.17. The Labute approximate surface area is 181 Å². The van der Waals surface area contributed by atoms with Crippen LogP contribution in [0.4, 0.5) is 4.39 Å². The number of likely N-dealkylation sites (N-methyl/N-ethyl adjacent to an activating group) is 1. The Hall–Kier alpha value is -3.06. The van der Waals surface area contributed by atoms with Gasteiger partial charge in [0.05, 0.1) is 7.11 Å². The number of primary amides is 1. The lowest BCUT2D eigenvalue weighted by atomic mass is 9.95. The first-order chi connectivity index (χ1) is 15.0. The van der Waals surface area contributed by atoms with E-state index in [1.165, 1.54) is 6.07 Å². The number of carbonyl (C=O) groups excluding carboxylic acids is 1. The molecule has 3 N–H and O–H groups in total. The fourth-order valence-corrected chi connectivity index (χ4v) is 4.50. The summed E-state index contributed by atoms with van der Waals surface area (Å²) in [4.78, 5) is 17.5. The van der Waals surface area contributed by atoms with E-state index < -0.39 is 5.91 Å². The molecule has 0 saturated carbocycles. The molecular formula is C24H28FN3O3. The van der Waals surface area contributed by atoms with Crippen LogP contribution in [0.3, 0.4) is 0 Å². The summed E-state index contributed by atoms with van der Waals surface area (Å²) in [7, 11) is 1.59. The van der Waals surface area contributed by atoms with Gasteiger partial charge in [0.15, 0.2) is 11.5 Å². The van der Waals surface area contributed by atoms with Crippen LogP contribution in [0.1, 0.15) is 34.8 Å². The molecule has 0 spiro atoms. The molecule has 0 fully saturated rings. The summed E-state index contributed by atoms with van der Waals surface area (Å²) >= 11 is 0. The van der Waals surface area contributed by atoms with Gasteiger partial charge in [0.2, 0.25) is 5.91 Å². The molecule has 3 aromatic rings. The lowest BCUT2D eigenvalue weighted by molar-refractivity contribution is 0.0988. The van der Waals surface area contributed by atoms with Crippen LogP contribution < -0.4 is 15.2 Å². The molecule has 1 atom stereocenters. The van der Waals surface area contributed by atoms with E-state index in [4.69, 9.17) is 15.2 Å². The summed E-state index contributed by atoms with van der Waals surface area (Å²) in [5.41, 5.74) is 8.97. The molecule has 4 rings (SSSR count). The van der Waals surface area contributed by atoms with Crippen molar-refractivity contribution < 1.29 is 18.7 Å². The van der Waals surface area contributed by atoms with Gasteiger partial charge in [0, 0.05) is 34.3 Å². The van der Waals surface area contributed by atoms with Crippen molar-refractivity contribution >= 4 is 16.8 Å². The van der Waals surface area contributed by atoms with E-state index in [1.54, 1.807) is 31.4 Å². The van der Waals surface area contributed by atoms with Gasteiger partial charge in [-0.3, -0.25) is 9.69 Å². The molecule has 7 heteroatoms. The maximum absolute atomic E-state index is 13.6. The predicted molar refractivity (Wildman–Crippen MR) is 118 cm³/mol. The fraction of sp³-hybridized carbons (Fsp3) is 0.375. The first-order valence-corrected chi connectivity index (χ1v) is 10.6. The van der Waals surface area contributed by atoms with Crippen molar-refractivity contribution in [2.24, 2.45) is 5.73 Å². The number of hydrogen-bond donors (Lipinski definition) is 2. The summed E-state index contributed by atoms with van der Waals surface area (Å²) < 4.78 is 25.1. The first kappa shape index (κ1) is 21.2. The first-order valence-electron chi connectivity index (χ1n) is 10.6. The Morgan fingerprint density at radius 2 is 2.19 bits per heavy atom. The smallest absolute Gasteiger partial charge is 0.249 e. The number of carbonyl (C=O) groups is 1. The van der Waals surface area contributed by atoms with E-state index in [1.807, 2.05) is 6.20 Å². The van der Waals surface area contributed by atoms with Crippen molar-refractivity contribution in [3.8, 4) is 11.5 Å². The predicted octanol–water partition coefficient (Wildman–Crippen LogP) is 3.67. The minimum Gasteiger partial charge on any atom is -0.493 e. The van der Waals surface area contributed by atoms with Crippen LogP contribution in [0.2, 0.25) is 0 Å². The Morgan fingerprint density at radius 1 is 1.35 bits per heavy atom. The van der Waals surface area contributed by atoms with E-state index in [2.05, 4.69) is 16.8 Å². The third kappa shape index (κ3) is 4.23. The van der Waals surface area contributed by atoms with Crippen molar-refractivity contribution in [2.45, 2.75) is 32.2 Å². The summed E-state index contributed by atoms with van der Waals surface area (Å²) in [5, 5.41) is 0.941. The Bertz CT molecular complexity index is 1100. The van der Waals surface area contributed by atoms with Crippen molar-refractivity contribution in [2.75, 3.05) is 26.8 Å². The number of nitrogens with two attached hydrogens (primary N) is 1. The molecule has 164 valence electrons. The maximum atomic E-state index is 13.6. The molecule has 1 aliphatic heterocycles. The molecule has 1 amide bonds. The molecule has 2 heterocycles. The highest BCUT2D eigenvalue weighted by Crippen LogP contribution is 2.38. The van der Waals surface area contributed by atoms with Crippen LogP contribution in [0.25, 0.3) is 10.9 Å². The Morgan fingerprint density at radius 3 is 2.94 bits per heavy atom. The standard InChI is InChI=1S/C24H28FN3O3/c1-3-28(10-4-5-15-13-27-21-8-6-16(25)11-19(15)21)17-12-20-18(24(26)29)7-9-22(30-2)23(20)31-14-17/h6-9,11,13,17,27H,3-5,10,12,14H2,1-2H3,(H2,26,29). The topological polar surface area (TPSA) is 80.6 Å². The average molecular weight is 426 g/mol. The second-order valence-electron chi connectivity index (χ2n) is 7.89. The molecule has 0 radical (unpaired) electrons. The molecule has 6 nitrogen and oxygen atoms in total. The van der Waals surface area contributed by atoms with Crippen LogP contribution in [0, 0.1) is 5.82 Å². The van der Waals surface area contributed by atoms with Gasteiger partial charge in [-0.15, -0.1) is 0 Å². The van der Waals surface area contributed by atoms with Crippen molar-refractivity contribution in [1.29, 1.82) is 0 Å². The number of halogens is 1. The van der Waals surface area contributed by atoms with Crippen LogP contribution in [0.15, 0.2) is 36.5 Å². The van der Waals surface area contributed by atoms with E-state index in [-0.39, 0.29) is 11.9 Å². The highest BCUT2D eigenvalue weighted by atomic mass is 19.1. The molecule has 2 aromatic carbocycles. The van der Waals surface area contributed by atoms with Crippen molar-refractivity contribution in [3.05, 3.63) is 59.0 Å². The second-order valence-corrected chi connectivity index (χ2v) is 7.89. The largest absolute Gasteiger partial charge is 0.493 e. The zero-order chi connectivity index (χ0) is 22.0. The maximum Gasteiger partial charge on any atom is 0.249 e. The zero-order valence-corrected chi connectivity index (χ0v) is 17.9. The summed E-state index contributed by atoms with van der Waals surface area (Å²) in [6.45, 7) is 4.38. The number of benzene rings is 2. The van der Waals surface area contributed by atoms with Gasteiger partial charge in [-0.05, 0) is 68.2 Å². The second kappa shape index (κ2) is 8.98. The van der Waals surface area contributed by atoms with Crippen LogP contribution in [0.5, 0.6) is 11.5 Å². The van der Waals surface area contributed by atoms with Crippen LogP contribution >= 0.6 is 0 Å². The molecule has 0 aliphatic carbocycles. The number of ether oxygens (including phenoxy) is 2. The summed E-state index contributed by atoms with van der Waals surface area (Å²) in [6.07, 6.45) is 4.43. The van der Waals surface area contributed by atoms with Gasteiger partial charge in [0.1, 0.15) is 12.4 Å². The van der Waals surface area contributed by atoms with Crippen LogP contribution in [-0.4, -0.2) is 48.6 Å². The highest BCUT2D eigenvalue weighted by Gasteiger charge is 2.29. The Kier molecular flexibility index (Phi) is 6.13. The highest BCUT2D eigenvalue weighted by molar-refractivity contribution is 5.95. The lowest BCUT2D eigenvalue weighted by Gasteiger charge is -2.35. The van der Waals surface area contributed by atoms with E-state index in [0.29, 0.717) is 30.1 Å². The number of nitrogens with one attached hydrogen (secondary N) is 1. The number of aromatic amines is 1. The number of rotatable bonds is 8. The van der Waals surface area contributed by atoms with E-state index in [9.17, 15) is 9.18 Å². The summed E-state index contributed by atoms with van der Waals surface area (Å²) in [5.74, 6) is 0.556. The number of amides is 1. The van der Waals surface area contributed by atoms with E-state index >= 15 is 0 Å². The molecule has 1 aromatic heterocycles. The van der Waals surface area contributed by atoms with Crippen LogP contribution in [-0.2, 0) is 12.8 Å². The third-order valence-electron chi connectivity index (χ3n) is 6.11.